The lowest BCUT2D eigenvalue weighted by molar-refractivity contribution is -0.384. The van der Waals surface area contributed by atoms with E-state index in [9.17, 15) is 10.1 Å². The van der Waals surface area contributed by atoms with Gasteiger partial charge in [0.25, 0.3) is 5.69 Å². The SMILES string of the molecule is CC1CCC(c2ccc(Nc3ncc(N4CCOCC4)c(Nc4cccc([N+](=O)[O-])c4)n3)cc2)CC1. The lowest BCUT2D eigenvalue weighted by atomic mass is 9.79. The van der Waals surface area contributed by atoms with Gasteiger partial charge in [-0.25, -0.2) is 4.98 Å². The third kappa shape index (κ3) is 5.73. The van der Waals surface area contributed by atoms with Crippen LogP contribution in [0.5, 0.6) is 0 Å². The number of anilines is 5. The maximum absolute atomic E-state index is 11.2. The summed E-state index contributed by atoms with van der Waals surface area (Å²) in [6, 6.07) is 15.0. The van der Waals surface area contributed by atoms with Crippen LogP contribution in [0.2, 0.25) is 0 Å². The Morgan fingerprint density at radius 3 is 2.47 bits per heavy atom. The molecular formula is C27H32N6O3. The summed E-state index contributed by atoms with van der Waals surface area (Å²) in [7, 11) is 0. The smallest absolute Gasteiger partial charge is 0.271 e. The van der Waals surface area contributed by atoms with Crippen molar-refractivity contribution in [2.24, 2.45) is 5.92 Å². The highest BCUT2D eigenvalue weighted by Crippen LogP contribution is 2.36. The van der Waals surface area contributed by atoms with E-state index in [1.807, 2.05) is 0 Å². The van der Waals surface area contributed by atoms with Gasteiger partial charge in [-0.15, -0.1) is 0 Å². The summed E-state index contributed by atoms with van der Waals surface area (Å²) in [4.78, 5) is 22.3. The summed E-state index contributed by atoms with van der Waals surface area (Å²) in [6.07, 6.45) is 6.90. The van der Waals surface area contributed by atoms with Crippen LogP contribution in [0.15, 0.2) is 54.7 Å². The van der Waals surface area contributed by atoms with Crippen LogP contribution in [-0.4, -0.2) is 41.2 Å². The number of rotatable bonds is 7. The third-order valence-corrected chi connectivity index (χ3v) is 7.10. The molecule has 9 nitrogen and oxygen atoms in total. The maximum atomic E-state index is 11.2. The van der Waals surface area contributed by atoms with Crippen LogP contribution >= 0.6 is 0 Å². The molecule has 2 fully saturated rings. The van der Waals surface area contributed by atoms with E-state index in [4.69, 9.17) is 9.72 Å². The van der Waals surface area contributed by atoms with Gasteiger partial charge >= 0.3 is 0 Å². The Kier molecular flexibility index (Phi) is 7.27. The molecule has 1 saturated carbocycles. The van der Waals surface area contributed by atoms with Gasteiger partial charge in [0.15, 0.2) is 5.82 Å². The van der Waals surface area contributed by atoms with E-state index in [2.05, 4.69) is 51.7 Å². The van der Waals surface area contributed by atoms with Crippen LogP contribution in [-0.2, 0) is 4.74 Å². The van der Waals surface area contributed by atoms with E-state index >= 15 is 0 Å². The Balaban J connectivity index is 1.36. The first kappa shape index (κ1) is 24.0. The number of non-ortho nitro benzene ring substituents is 1. The highest BCUT2D eigenvalue weighted by Gasteiger charge is 2.20. The first-order valence-electron chi connectivity index (χ1n) is 12.6. The molecule has 1 aliphatic heterocycles. The molecule has 0 amide bonds. The topological polar surface area (TPSA) is 105 Å². The van der Waals surface area contributed by atoms with Crippen molar-refractivity contribution in [2.45, 2.75) is 38.5 Å². The summed E-state index contributed by atoms with van der Waals surface area (Å²) >= 11 is 0. The van der Waals surface area contributed by atoms with Crippen LogP contribution in [0.3, 0.4) is 0 Å². The van der Waals surface area contributed by atoms with Gasteiger partial charge in [0, 0.05) is 36.6 Å². The largest absolute Gasteiger partial charge is 0.378 e. The second-order valence-corrected chi connectivity index (χ2v) is 9.66. The monoisotopic (exact) mass is 488 g/mol. The molecule has 1 aromatic heterocycles. The Morgan fingerprint density at radius 2 is 1.75 bits per heavy atom. The number of benzene rings is 2. The van der Waals surface area contributed by atoms with Gasteiger partial charge in [-0.1, -0.05) is 38.0 Å². The lowest BCUT2D eigenvalue weighted by Crippen LogP contribution is -2.36. The molecule has 3 aromatic rings. The van der Waals surface area contributed by atoms with Crippen molar-refractivity contribution in [2.75, 3.05) is 41.8 Å². The van der Waals surface area contributed by atoms with Crippen LogP contribution < -0.4 is 15.5 Å². The van der Waals surface area contributed by atoms with Crippen LogP contribution in [0.25, 0.3) is 0 Å². The van der Waals surface area contributed by atoms with E-state index in [-0.39, 0.29) is 5.69 Å². The Hall–Kier alpha value is -3.72. The molecule has 0 spiro atoms. The van der Waals surface area contributed by atoms with Gasteiger partial charge in [0.2, 0.25) is 5.95 Å². The van der Waals surface area contributed by atoms with Crippen LogP contribution in [0.4, 0.5) is 34.5 Å². The minimum absolute atomic E-state index is 0.0211. The Labute approximate surface area is 211 Å². The summed E-state index contributed by atoms with van der Waals surface area (Å²) < 4.78 is 5.49. The number of ether oxygens (including phenoxy) is 1. The molecule has 1 aliphatic carbocycles. The molecule has 2 aromatic carbocycles. The number of aromatic nitrogens is 2. The van der Waals surface area contributed by atoms with Crippen molar-refractivity contribution in [1.29, 1.82) is 0 Å². The normalized spacial score (nSPS) is 20.1. The zero-order chi connectivity index (χ0) is 24.9. The molecule has 5 rings (SSSR count). The molecule has 0 bridgehead atoms. The summed E-state index contributed by atoms with van der Waals surface area (Å²) in [6.45, 7) is 5.04. The molecule has 0 radical (unpaired) electrons. The number of morpholine rings is 1. The van der Waals surface area contributed by atoms with E-state index in [0.29, 0.717) is 36.6 Å². The third-order valence-electron chi connectivity index (χ3n) is 7.10. The van der Waals surface area contributed by atoms with Gasteiger partial charge in [-0.3, -0.25) is 10.1 Å². The molecule has 188 valence electrons. The highest BCUT2D eigenvalue weighted by molar-refractivity contribution is 5.73. The van der Waals surface area contributed by atoms with Crippen molar-refractivity contribution in [3.63, 3.8) is 0 Å². The predicted octanol–water partition coefficient (Wildman–Crippen LogP) is 6.00. The van der Waals surface area contributed by atoms with Gasteiger partial charge in [0.05, 0.1) is 30.0 Å². The average Bonchev–Trinajstić information content (AvgIpc) is 2.90. The van der Waals surface area contributed by atoms with Crippen molar-refractivity contribution in [3.8, 4) is 0 Å². The molecule has 2 heterocycles. The summed E-state index contributed by atoms with van der Waals surface area (Å²) in [5.74, 6) is 2.52. The van der Waals surface area contributed by atoms with Crippen molar-refractivity contribution < 1.29 is 9.66 Å². The van der Waals surface area contributed by atoms with E-state index in [1.165, 1.54) is 43.4 Å². The summed E-state index contributed by atoms with van der Waals surface area (Å²) in [5, 5.41) is 17.8. The van der Waals surface area contributed by atoms with Gasteiger partial charge in [-0.05, 0) is 48.4 Å². The Morgan fingerprint density at radius 1 is 1.00 bits per heavy atom. The number of nitrogens with zero attached hydrogens (tertiary/aromatic N) is 4. The second-order valence-electron chi connectivity index (χ2n) is 9.66. The van der Waals surface area contributed by atoms with Crippen molar-refractivity contribution in [3.05, 3.63) is 70.4 Å². The fourth-order valence-corrected chi connectivity index (χ4v) is 4.96. The molecule has 0 atom stereocenters. The molecular weight excluding hydrogens is 456 g/mol. The molecule has 9 heteroatoms. The zero-order valence-electron chi connectivity index (χ0n) is 20.5. The summed E-state index contributed by atoms with van der Waals surface area (Å²) in [5.41, 5.74) is 3.76. The number of nitrogens with one attached hydrogen (secondary N) is 2. The molecule has 0 unspecified atom stereocenters. The van der Waals surface area contributed by atoms with Gasteiger partial charge in [0.1, 0.15) is 0 Å². The fourth-order valence-electron chi connectivity index (χ4n) is 4.96. The number of nitro groups is 1. The van der Waals surface area contributed by atoms with Crippen molar-refractivity contribution >= 4 is 34.5 Å². The van der Waals surface area contributed by atoms with E-state index in [1.54, 1.807) is 18.3 Å². The minimum atomic E-state index is -0.404. The molecule has 2 aliphatic rings. The minimum Gasteiger partial charge on any atom is -0.378 e. The quantitative estimate of drug-likeness (QED) is 0.308. The second kappa shape index (κ2) is 10.9. The van der Waals surface area contributed by atoms with E-state index in [0.717, 1.165) is 30.4 Å². The number of hydrogen-bond acceptors (Lipinski definition) is 8. The molecule has 2 N–H and O–H groups in total. The maximum Gasteiger partial charge on any atom is 0.271 e. The fraction of sp³-hybridized carbons (Fsp3) is 0.407. The zero-order valence-corrected chi connectivity index (χ0v) is 20.5. The van der Waals surface area contributed by atoms with E-state index < -0.39 is 4.92 Å². The van der Waals surface area contributed by atoms with Gasteiger partial charge < -0.3 is 20.3 Å². The van der Waals surface area contributed by atoms with Gasteiger partial charge in [-0.2, -0.15) is 4.98 Å². The first-order valence-corrected chi connectivity index (χ1v) is 12.6. The van der Waals surface area contributed by atoms with Crippen molar-refractivity contribution in [1.82, 2.24) is 9.97 Å². The predicted molar refractivity (Wildman–Crippen MR) is 142 cm³/mol. The number of hydrogen-bond donors (Lipinski definition) is 2. The highest BCUT2D eigenvalue weighted by atomic mass is 16.6. The van der Waals surface area contributed by atoms with Crippen LogP contribution in [0, 0.1) is 16.0 Å². The lowest BCUT2D eigenvalue weighted by Gasteiger charge is -2.30. The molecule has 36 heavy (non-hydrogen) atoms. The number of nitro benzene ring substituents is 1. The first-order chi connectivity index (χ1) is 17.5. The standard InChI is InChI=1S/C27H32N6O3/c1-19-5-7-20(8-6-19)21-9-11-22(12-10-21)30-27-28-18-25(32-13-15-36-16-14-32)26(31-27)29-23-3-2-4-24(17-23)33(34)35/h2-4,9-12,17-20H,5-8,13-16H2,1H3,(H2,28,29,30,31). The Bertz CT molecular complexity index is 1190. The molecule has 1 saturated heterocycles. The van der Waals surface area contributed by atoms with Crippen LogP contribution in [0.1, 0.15) is 44.1 Å². The average molecular weight is 489 g/mol.